The van der Waals surface area contributed by atoms with Gasteiger partial charge in [0.2, 0.25) is 0 Å². The summed E-state index contributed by atoms with van der Waals surface area (Å²) < 4.78 is 13.6. The van der Waals surface area contributed by atoms with Gasteiger partial charge in [-0.05, 0) is 25.5 Å². The number of aromatic nitrogens is 2. The molecule has 0 bridgehead atoms. The van der Waals surface area contributed by atoms with E-state index in [-0.39, 0.29) is 5.82 Å². The predicted molar refractivity (Wildman–Crippen MR) is 84.5 cm³/mol. The normalized spacial score (nSPS) is 10.4. The van der Waals surface area contributed by atoms with E-state index >= 15 is 0 Å². The Morgan fingerprint density at radius 3 is 2.62 bits per heavy atom. The van der Waals surface area contributed by atoms with Crippen LogP contribution in [0, 0.1) is 12.7 Å². The summed E-state index contributed by atoms with van der Waals surface area (Å²) >= 11 is 0. The topological polar surface area (TPSA) is 49.8 Å². The molecule has 2 N–H and O–H groups in total. The Kier molecular flexibility index (Phi) is 5.49. The number of hydrogen-bond acceptors (Lipinski definition) is 4. The van der Waals surface area contributed by atoms with Gasteiger partial charge in [0.1, 0.15) is 23.3 Å². The summed E-state index contributed by atoms with van der Waals surface area (Å²) in [5.41, 5.74) is 0.410. The van der Waals surface area contributed by atoms with Gasteiger partial charge < -0.3 is 10.6 Å². The van der Waals surface area contributed by atoms with Crippen LogP contribution in [0.3, 0.4) is 0 Å². The van der Waals surface area contributed by atoms with Gasteiger partial charge in [-0.2, -0.15) is 0 Å². The van der Waals surface area contributed by atoms with Gasteiger partial charge in [0.05, 0.1) is 5.69 Å². The smallest absolute Gasteiger partial charge is 0.146 e. The average Bonchev–Trinajstić information content (AvgIpc) is 2.46. The number of nitrogens with zero attached hydrogens (tertiary/aromatic N) is 2. The molecule has 0 amide bonds. The molecule has 21 heavy (non-hydrogen) atoms. The van der Waals surface area contributed by atoms with Crippen molar-refractivity contribution in [3.63, 3.8) is 0 Å². The minimum absolute atomic E-state index is 0.300. The number of halogens is 1. The first-order chi connectivity index (χ1) is 10.2. The summed E-state index contributed by atoms with van der Waals surface area (Å²) in [5.74, 6) is 1.70. The number of nitrogens with one attached hydrogen (secondary N) is 2. The van der Waals surface area contributed by atoms with E-state index in [9.17, 15) is 4.39 Å². The lowest BCUT2D eigenvalue weighted by atomic mass is 10.2. The molecule has 0 aliphatic carbocycles. The third-order valence-corrected chi connectivity index (χ3v) is 3.06. The summed E-state index contributed by atoms with van der Waals surface area (Å²) in [6.07, 6.45) is 3.48. The van der Waals surface area contributed by atoms with Crippen molar-refractivity contribution in [1.82, 2.24) is 9.97 Å². The van der Waals surface area contributed by atoms with Gasteiger partial charge in [-0.3, -0.25) is 0 Å². The molecule has 0 fully saturated rings. The first-order valence-corrected chi connectivity index (χ1v) is 7.30. The second kappa shape index (κ2) is 7.57. The highest BCUT2D eigenvalue weighted by Crippen LogP contribution is 2.20. The van der Waals surface area contributed by atoms with Crippen LogP contribution >= 0.6 is 0 Å². The maximum atomic E-state index is 13.6. The Balaban J connectivity index is 2.06. The van der Waals surface area contributed by atoms with Crippen molar-refractivity contribution in [2.24, 2.45) is 0 Å². The van der Waals surface area contributed by atoms with Gasteiger partial charge in [0, 0.05) is 12.6 Å². The van der Waals surface area contributed by atoms with E-state index in [2.05, 4.69) is 27.5 Å². The molecule has 5 heteroatoms. The molecular weight excluding hydrogens is 267 g/mol. The Morgan fingerprint density at radius 2 is 1.86 bits per heavy atom. The predicted octanol–water partition coefficient (Wildman–Crippen LogP) is 4.27. The summed E-state index contributed by atoms with van der Waals surface area (Å²) in [7, 11) is 0. The van der Waals surface area contributed by atoms with Crippen LogP contribution < -0.4 is 10.6 Å². The third kappa shape index (κ3) is 4.70. The van der Waals surface area contributed by atoms with Crippen molar-refractivity contribution in [3.05, 3.63) is 42.0 Å². The summed E-state index contributed by atoms with van der Waals surface area (Å²) in [6.45, 7) is 4.87. The van der Waals surface area contributed by atoms with Crippen LogP contribution in [-0.2, 0) is 0 Å². The lowest BCUT2D eigenvalue weighted by Crippen LogP contribution is -2.06. The van der Waals surface area contributed by atoms with Crippen LogP contribution in [0.2, 0.25) is 0 Å². The van der Waals surface area contributed by atoms with Crippen molar-refractivity contribution >= 4 is 17.3 Å². The molecule has 0 unspecified atom stereocenters. The van der Waals surface area contributed by atoms with E-state index < -0.39 is 0 Å². The van der Waals surface area contributed by atoms with Crippen molar-refractivity contribution in [2.45, 2.75) is 33.1 Å². The van der Waals surface area contributed by atoms with Gasteiger partial charge in [-0.1, -0.05) is 31.9 Å². The molecule has 0 aliphatic rings. The number of para-hydroxylation sites is 1. The number of hydrogen-bond donors (Lipinski definition) is 2. The zero-order valence-electron chi connectivity index (χ0n) is 12.5. The highest BCUT2D eigenvalue weighted by atomic mass is 19.1. The molecule has 1 aromatic carbocycles. The zero-order valence-corrected chi connectivity index (χ0v) is 12.5. The van der Waals surface area contributed by atoms with Gasteiger partial charge in [0.15, 0.2) is 0 Å². The number of aryl methyl sites for hydroxylation is 1. The highest BCUT2D eigenvalue weighted by molar-refractivity contribution is 5.59. The Bertz CT molecular complexity index is 586. The minimum Gasteiger partial charge on any atom is -0.370 e. The van der Waals surface area contributed by atoms with Gasteiger partial charge >= 0.3 is 0 Å². The van der Waals surface area contributed by atoms with Crippen LogP contribution in [-0.4, -0.2) is 16.5 Å². The van der Waals surface area contributed by atoms with Crippen LogP contribution in [0.4, 0.5) is 21.7 Å². The third-order valence-electron chi connectivity index (χ3n) is 3.06. The molecule has 112 valence electrons. The van der Waals surface area contributed by atoms with E-state index in [0.29, 0.717) is 17.3 Å². The molecule has 0 saturated heterocycles. The minimum atomic E-state index is -0.300. The molecule has 2 rings (SSSR count). The number of unbranched alkanes of at least 4 members (excludes halogenated alkanes) is 2. The fourth-order valence-corrected chi connectivity index (χ4v) is 2.01. The standard InChI is InChI=1S/C16H21FN4/c1-3-4-7-10-18-15-11-16(20-12(2)19-15)21-14-9-6-5-8-13(14)17/h5-6,8-9,11H,3-4,7,10H2,1-2H3,(H2,18,19,20,21). The average molecular weight is 288 g/mol. The number of rotatable bonds is 7. The second-order valence-electron chi connectivity index (χ2n) is 4.92. The molecule has 0 spiro atoms. The molecule has 0 saturated carbocycles. The lowest BCUT2D eigenvalue weighted by molar-refractivity contribution is 0.632. The molecular formula is C16H21FN4. The van der Waals surface area contributed by atoms with E-state index in [1.165, 1.54) is 18.9 Å². The summed E-state index contributed by atoms with van der Waals surface area (Å²) in [6, 6.07) is 8.34. The molecule has 0 aliphatic heterocycles. The molecule has 2 aromatic rings. The van der Waals surface area contributed by atoms with Crippen molar-refractivity contribution in [1.29, 1.82) is 0 Å². The van der Waals surface area contributed by atoms with Crippen LogP contribution in [0.25, 0.3) is 0 Å². The Hall–Kier alpha value is -2.17. The van der Waals surface area contributed by atoms with Crippen molar-refractivity contribution in [3.8, 4) is 0 Å². The van der Waals surface area contributed by atoms with E-state index in [4.69, 9.17) is 0 Å². The first-order valence-electron chi connectivity index (χ1n) is 7.30. The molecule has 1 heterocycles. The van der Waals surface area contributed by atoms with E-state index in [0.717, 1.165) is 18.8 Å². The maximum absolute atomic E-state index is 13.6. The number of benzene rings is 1. The molecule has 0 radical (unpaired) electrons. The quantitative estimate of drug-likeness (QED) is 0.747. The first kappa shape index (κ1) is 15.2. The largest absolute Gasteiger partial charge is 0.370 e. The van der Waals surface area contributed by atoms with Crippen molar-refractivity contribution < 1.29 is 4.39 Å². The van der Waals surface area contributed by atoms with Gasteiger partial charge in [-0.15, -0.1) is 0 Å². The number of anilines is 3. The SMILES string of the molecule is CCCCCNc1cc(Nc2ccccc2F)nc(C)n1. The molecule has 1 aromatic heterocycles. The Morgan fingerprint density at radius 1 is 1.10 bits per heavy atom. The van der Waals surface area contributed by atoms with Crippen molar-refractivity contribution in [2.75, 3.05) is 17.2 Å². The highest BCUT2D eigenvalue weighted by Gasteiger charge is 2.05. The van der Waals surface area contributed by atoms with Crippen LogP contribution in [0.1, 0.15) is 32.0 Å². The van der Waals surface area contributed by atoms with E-state index in [1.54, 1.807) is 24.3 Å². The van der Waals surface area contributed by atoms with Gasteiger partial charge in [0.25, 0.3) is 0 Å². The van der Waals surface area contributed by atoms with Gasteiger partial charge in [-0.25, -0.2) is 14.4 Å². The summed E-state index contributed by atoms with van der Waals surface area (Å²) in [5, 5.41) is 6.27. The fourth-order valence-electron chi connectivity index (χ4n) is 2.01. The van der Waals surface area contributed by atoms with Crippen LogP contribution in [0.5, 0.6) is 0 Å². The molecule has 0 atom stereocenters. The Labute approximate surface area is 124 Å². The molecule has 4 nitrogen and oxygen atoms in total. The van der Waals surface area contributed by atoms with E-state index in [1.807, 2.05) is 6.92 Å². The fraction of sp³-hybridized carbons (Fsp3) is 0.375. The lowest BCUT2D eigenvalue weighted by Gasteiger charge is -2.10. The van der Waals surface area contributed by atoms with Crippen LogP contribution in [0.15, 0.2) is 30.3 Å². The second-order valence-corrected chi connectivity index (χ2v) is 4.92. The maximum Gasteiger partial charge on any atom is 0.146 e. The monoisotopic (exact) mass is 288 g/mol. The summed E-state index contributed by atoms with van der Waals surface area (Å²) in [4.78, 5) is 8.63. The zero-order chi connectivity index (χ0) is 15.1.